The molecule has 0 aliphatic carbocycles. The van der Waals surface area contributed by atoms with Gasteiger partial charge in [0.2, 0.25) is 5.95 Å². The fraction of sp³-hybridized carbons (Fsp3) is 0.636. The van der Waals surface area contributed by atoms with E-state index < -0.39 is 0 Å². The van der Waals surface area contributed by atoms with Crippen LogP contribution in [0, 0.1) is 6.92 Å². The number of anilines is 2. The van der Waals surface area contributed by atoms with E-state index in [1.807, 2.05) is 33.9 Å². The zero-order valence-electron chi connectivity index (χ0n) is 10.5. The smallest absolute Gasteiger partial charge is 0.225 e. The summed E-state index contributed by atoms with van der Waals surface area (Å²) in [5.74, 6) is 1.44. The molecule has 0 radical (unpaired) electrons. The lowest BCUT2D eigenvalue weighted by atomic mass is 10.2. The van der Waals surface area contributed by atoms with Crippen molar-refractivity contribution in [1.29, 1.82) is 0 Å². The maximum absolute atomic E-state index is 5.24. The van der Waals surface area contributed by atoms with Crippen molar-refractivity contribution in [2.45, 2.75) is 32.9 Å². The van der Waals surface area contributed by atoms with Crippen molar-refractivity contribution in [1.82, 2.24) is 9.97 Å². The Morgan fingerprint density at radius 2 is 2.00 bits per heavy atom. The molecular weight excluding hydrogens is 204 g/mol. The van der Waals surface area contributed by atoms with E-state index >= 15 is 0 Å². The molecule has 0 aliphatic rings. The van der Waals surface area contributed by atoms with Crippen LogP contribution < -0.4 is 10.6 Å². The molecule has 0 amide bonds. The first-order valence-electron chi connectivity index (χ1n) is 5.39. The molecule has 90 valence electrons. The molecule has 1 aromatic rings. The fourth-order valence-corrected chi connectivity index (χ4v) is 1.29. The van der Waals surface area contributed by atoms with Gasteiger partial charge in [-0.15, -0.1) is 0 Å². The monoisotopic (exact) mass is 224 g/mol. The van der Waals surface area contributed by atoms with Crippen molar-refractivity contribution in [3.8, 4) is 0 Å². The Morgan fingerprint density at radius 1 is 1.31 bits per heavy atom. The summed E-state index contributed by atoms with van der Waals surface area (Å²) in [6.45, 7) is 5.99. The van der Waals surface area contributed by atoms with Crippen molar-refractivity contribution in [3.05, 3.63) is 11.8 Å². The van der Waals surface area contributed by atoms with Crippen molar-refractivity contribution in [3.63, 3.8) is 0 Å². The van der Waals surface area contributed by atoms with Gasteiger partial charge in [0.1, 0.15) is 5.82 Å². The summed E-state index contributed by atoms with van der Waals surface area (Å²) in [5.41, 5.74) is 0.930. The van der Waals surface area contributed by atoms with Crippen LogP contribution in [-0.4, -0.2) is 36.3 Å². The van der Waals surface area contributed by atoms with E-state index in [0.29, 0.717) is 5.95 Å². The minimum Gasteiger partial charge on any atom is -0.380 e. The van der Waals surface area contributed by atoms with Gasteiger partial charge in [-0.25, -0.2) is 4.98 Å². The number of ether oxygens (including phenoxy) is 1. The maximum atomic E-state index is 5.24. The summed E-state index contributed by atoms with van der Waals surface area (Å²) in [6.07, 6.45) is 0.113. The van der Waals surface area contributed by atoms with Crippen LogP contribution in [0.5, 0.6) is 0 Å². The van der Waals surface area contributed by atoms with Crippen LogP contribution in [0.4, 0.5) is 11.8 Å². The predicted octanol–water partition coefficient (Wildman–Crippen LogP) is 1.66. The van der Waals surface area contributed by atoms with Crippen molar-refractivity contribution in [2.75, 3.05) is 24.8 Å². The molecule has 0 bridgehead atoms. The molecule has 0 saturated heterocycles. The van der Waals surface area contributed by atoms with Gasteiger partial charge >= 0.3 is 0 Å². The molecule has 1 aromatic heterocycles. The lowest BCUT2D eigenvalue weighted by Gasteiger charge is -2.20. The molecule has 16 heavy (non-hydrogen) atoms. The van der Waals surface area contributed by atoms with Crippen molar-refractivity contribution in [2.24, 2.45) is 0 Å². The van der Waals surface area contributed by atoms with Crippen LogP contribution in [0.3, 0.4) is 0 Å². The molecule has 0 fully saturated rings. The van der Waals surface area contributed by atoms with E-state index in [4.69, 9.17) is 4.74 Å². The average molecular weight is 224 g/mol. The van der Waals surface area contributed by atoms with Crippen LogP contribution >= 0.6 is 0 Å². The second kappa shape index (κ2) is 5.65. The van der Waals surface area contributed by atoms with Crippen LogP contribution in [0.1, 0.15) is 19.5 Å². The number of methoxy groups -OCH3 is 1. The first kappa shape index (κ1) is 12.7. The van der Waals surface area contributed by atoms with E-state index in [1.54, 1.807) is 7.11 Å². The van der Waals surface area contributed by atoms with E-state index in [-0.39, 0.29) is 12.1 Å². The van der Waals surface area contributed by atoms with E-state index in [0.717, 1.165) is 11.5 Å². The fourth-order valence-electron chi connectivity index (χ4n) is 1.29. The van der Waals surface area contributed by atoms with Gasteiger partial charge in [-0.1, -0.05) is 0 Å². The number of hydrogen-bond donors (Lipinski definition) is 2. The number of nitrogens with zero attached hydrogens (tertiary/aromatic N) is 2. The Balaban J connectivity index is 2.76. The van der Waals surface area contributed by atoms with E-state index in [9.17, 15) is 0 Å². The highest BCUT2D eigenvalue weighted by atomic mass is 16.5. The Morgan fingerprint density at radius 3 is 2.56 bits per heavy atom. The van der Waals surface area contributed by atoms with Gasteiger partial charge in [0.05, 0.1) is 12.1 Å². The topological polar surface area (TPSA) is 59.1 Å². The summed E-state index contributed by atoms with van der Waals surface area (Å²) < 4.78 is 5.24. The lowest BCUT2D eigenvalue weighted by molar-refractivity contribution is 0.106. The Kier molecular flexibility index (Phi) is 4.49. The number of hydrogen-bond acceptors (Lipinski definition) is 5. The lowest BCUT2D eigenvalue weighted by Crippen LogP contribution is -2.30. The van der Waals surface area contributed by atoms with Crippen molar-refractivity contribution < 1.29 is 4.74 Å². The molecule has 5 heteroatoms. The average Bonchev–Trinajstić information content (AvgIpc) is 2.26. The summed E-state index contributed by atoms with van der Waals surface area (Å²) in [6, 6.07) is 2.06. The summed E-state index contributed by atoms with van der Waals surface area (Å²) in [4.78, 5) is 8.64. The second-order valence-corrected chi connectivity index (χ2v) is 3.84. The van der Waals surface area contributed by atoms with Gasteiger partial charge in [-0.05, 0) is 20.8 Å². The van der Waals surface area contributed by atoms with Gasteiger partial charge in [0, 0.05) is 25.9 Å². The van der Waals surface area contributed by atoms with E-state index in [1.165, 1.54) is 0 Å². The highest BCUT2D eigenvalue weighted by Gasteiger charge is 2.12. The summed E-state index contributed by atoms with van der Waals surface area (Å²) in [5, 5.41) is 6.22. The van der Waals surface area contributed by atoms with E-state index in [2.05, 4.69) is 20.6 Å². The third-order valence-electron chi connectivity index (χ3n) is 2.54. The zero-order chi connectivity index (χ0) is 12.1. The van der Waals surface area contributed by atoms with Gasteiger partial charge in [-0.3, -0.25) is 0 Å². The Bertz CT molecular complexity index is 343. The number of aromatic nitrogens is 2. The normalized spacial score (nSPS) is 14.3. The van der Waals surface area contributed by atoms with Gasteiger partial charge in [-0.2, -0.15) is 4.98 Å². The van der Waals surface area contributed by atoms with Crippen molar-refractivity contribution >= 4 is 11.8 Å². The molecule has 1 heterocycles. The number of rotatable bonds is 5. The number of nitrogens with one attached hydrogen (secondary N) is 2. The quantitative estimate of drug-likeness (QED) is 0.796. The molecule has 0 aromatic carbocycles. The Labute approximate surface area is 96.6 Å². The molecule has 1 rings (SSSR count). The highest BCUT2D eigenvalue weighted by molar-refractivity contribution is 5.41. The first-order valence-corrected chi connectivity index (χ1v) is 5.39. The zero-order valence-corrected chi connectivity index (χ0v) is 10.5. The molecular formula is C11H20N4O. The minimum absolute atomic E-state index is 0.113. The maximum Gasteiger partial charge on any atom is 0.225 e. The largest absolute Gasteiger partial charge is 0.380 e. The molecule has 2 atom stereocenters. The first-order chi connectivity index (χ1) is 7.56. The van der Waals surface area contributed by atoms with Crippen LogP contribution in [0.15, 0.2) is 6.07 Å². The molecule has 2 N–H and O–H groups in total. The molecule has 5 nitrogen and oxygen atoms in total. The van der Waals surface area contributed by atoms with Gasteiger partial charge in [0.15, 0.2) is 0 Å². The van der Waals surface area contributed by atoms with Gasteiger partial charge < -0.3 is 15.4 Å². The predicted molar refractivity (Wildman–Crippen MR) is 65.9 cm³/mol. The molecule has 0 saturated carbocycles. The molecule has 0 spiro atoms. The molecule has 0 aliphatic heterocycles. The SMILES string of the molecule is CNc1cc(C)nc(N[C@@H](C)C(C)OC)n1. The van der Waals surface area contributed by atoms with Crippen LogP contribution in [0.2, 0.25) is 0 Å². The third-order valence-corrected chi connectivity index (χ3v) is 2.54. The molecule has 1 unspecified atom stereocenters. The third kappa shape index (κ3) is 3.34. The summed E-state index contributed by atoms with van der Waals surface area (Å²) in [7, 11) is 3.53. The van der Waals surface area contributed by atoms with Crippen LogP contribution in [-0.2, 0) is 4.74 Å². The Hall–Kier alpha value is -1.36. The standard InChI is InChI=1S/C11H20N4O/c1-7-6-10(12-4)15-11(13-7)14-8(2)9(3)16-5/h6,8-9H,1-5H3,(H2,12,13,14,15)/t8-,9?/m0/s1. The minimum atomic E-state index is 0.113. The van der Waals surface area contributed by atoms with Gasteiger partial charge in [0.25, 0.3) is 0 Å². The number of aryl methyl sites for hydroxylation is 1. The van der Waals surface area contributed by atoms with Crippen LogP contribution in [0.25, 0.3) is 0 Å². The highest BCUT2D eigenvalue weighted by Crippen LogP contribution is 2.11. The summed E-state index contributed by atoms with van der Waals surface area (Å²) >= 11 is 0. The second-order valence-electron chi connectivity index (χ2n) is 3.84.